The molecule has 0 aromatic heterocycles. The molecule has 1 aromatic carbocycles. The lowest BCUT2D eigenvalue weighted by atomic mass is 9.84. The summed E-state index contributed by atoms with van der Waals surface area (Å²) in [6, 6.07) is 9.92. The molecular formula is C14H21NO2. The molecule has 1 unspecified atom stereocenters. The zero-order chi connectivity index (χ0) is 12.7. The zero-order valence-corrected chi connectivity index (χ0v) is 10.6. The highest BCUT2D eigenvalue weighted by molar-refractivity contribution is 5.69. The van der Waals surface area contributed by atoms with E-state index in [1.54, 1.807) is 0 Å². The van der Waals surface area contributed by atoms with Gasteiger partial charge in [0.1, 0.15) is 0 Å². The van der Waals surface area contributed by atoms with E-state index in [0.29, 0.717) is 19.4 Å². The van der Waals surface area contributed by atoms with Gasteiger partial charge in [-0.25, -0.2) is 0 Å². The Morgan fingerprint density at radius 3 is 2.47 bits per heavy atom. The number of esters is 1. The van der Waals surface area contributed by atoms with Gasteiger partial charge in [-0.1, -0.05) is 37.3 Å². The minimum atomic E-state index is -0.436. The fourth-order valence-electron chi connectivity index (χ4n) is 1.85. The van der Waals surface area contributed by atoms with Gasteiger partial charge < -0.3 is 10.5 Å². The number of benzene rings is 1. The van der Waals surface area contributed by atoms with E-state index in [2.05, 4.69) is 0 Å². The van der Waals surface area contributed by atoms with E-state index in [1.807, 2.05) is 44.2 Å². The largest absolute Gasteiger partial charge is 0.466 e. The summed E-state index contributed by atoms with van der Waals surface area (Å²) in [5, 5.41) is 0. The Labute approximate surface area is 103 Å². The van der Waals surface area contributed by atoms with Gasteiger partial charge in [0.2, 0.25) is 0 Å². The predicted octanol–water partition coefficient (Wildman–Crippen LogP) is 2.59. The molecule has 0 bridgehead atoms. The Hall–Kier alpha value is -1.35. The van der Waals surface area contributed by atoms with Crippen molar-refractivity contribution >= 4 is 5.97 Å². The maximum absolute atomic E-state index is 11.4. The van der Waals surface area contributed by atoms with Crippen molar-refractivity contribution in [3.05, 3.63) is 35.9 Å². The highest BCUT2D eigenvalue weighted by Crippen LogP contribution is 2.27. The molecule has 0 amide bonds. The molecule has 94 valence electrons. The molecule has 0 saturated carbocycles. The van der Waals surface area contributed by atoms with Crippen LogP contribution < -0.4 is 5.73 Å². The molecule has 1 atom stereocenters. The molecule has 0 fully saturated rings. The minimum Gasteiger partial charge on any atom is -0.466 e. The molecule has 0 aliphatic rings. The molecule has 0 heterocycles. The van der Waals surface area contributed by atoms with Crippen LogP contribution in [0.1, 0.15) is 38.7 Å². The van der Waals surface area contributed by atoms with E-state index in [1.165, 1.54) is 0 Å². The molecule has 0 aliphatic carbocycles. The van der Waals surface area contributed by atoms with Crippen LogP contribution in [0.2, 0.25) is 0 Å². The molecule has 0 aliphatic heterocycles. The van der Waals surface area contributed by atoms with Crippen LogP contribution in [0, 0.1) is 0 Å². The average Bonchev–Trinajstić information content (AvgIpc) is 2.37. The summed E-state index contributed by atoms with van der Waals surface area (Å²) in [6.45, 7) is 4.27. The summed E-state index contributed by atoms with van der Waals surface area (Å²) in [5.41, 5.74) is 6.99. The summed E-state index contributed by atoms with van der Waals surface area (Å²) >= 11 is 0. The molecule has 2 N–H and O–H groups in total. The topological polar surface area (TPSA) is 52.3 Å². The van der Waals surface area contributed by atoms with Crippen molar-refractivity contribution in [3.63, 3.8) is 0 Å². The van der Waals surface area contributed by atoms with Crippen molar-refractivity contribution in [1.82, 2.24) is 0 Å². The second-order valence-corrected chi connectivity index (χ2v) is 4.18. The second-order valence-electron chi connectivity index (χ2n) is 4.18. The molecule has 1 aromatic rings. The molecule has 0 saturated heterocycles. The van der Waals surface area contributed by atoms with Crippen molar-refractivity contribution < 1.29 is 9.53 Å². The molecule has 0 spiro atoms. The van der Waals surface area contributed by atoms with Gasteiger partial charge in [-0.05, 0) is 25.3 Å². The molecule has 1 rings (SSSR count). The van der Waals surface area contributed by atoms with Crippen LogP contribution in [0.5, 0.6) is 0 Å². The third kappa shape index (κ3) is 3.86. The van der Waals surface area contributed by atoms with Gasteiger partial charge in [0, 0.05) is 12.0 Å². The van der Waals surface area contributed by atoms with Crippen LogP contribution in [0.3, 0.4) is 0 Å². The molecule has 3 nitrogen and oxygen atoms in total. The molecular weight excluding hydrogens is 214 g/mol. The average molecular weight is 235 g/mol. The fraction of sp³-hybridized carbons (Fsp3) is 0.500. The van der Waals surface area contributed by atoms with E-state index in [-0.39, 0.29) is 5.97 Å². The first kappa shape index (κ1) is 13.7. The fourth-order valence-corrected chi connectivity index (χ4v) is 1.85. The quantitative estimate of drug-likeness (QED) is 0.771. The molecule has 3 heteroatoms. The number of rotatable bonds is 6. The van der Waals surface area contributed by atoms with Gasteiger partial charge in [0.25, 0.3) is 0 Å². The van der Waals surface area contributed by atoms with Crippen LogP contribution in [0.4, 0.5) is 0 Å². The van der Waals surface area contributed by atoms with Crippen LogP contribution in [0.15, 0.2) is 30.3 Å². The molecule has 0 radical (unpaired) electrons. The minimum absolute atomic E-state index is 0.174. The first-order chi connectivity index (χ1) is 8.12. The SMILES string of the molecule is CCOC(=O)CCC(N)(CC)c1ccccc1. The third-order valence-corrected chi connectivity index (χ3v) is 3.06. The van der Waals surface area contributed by atoms with Gasteiger partial charge in [-0.3, -0.25) is 4.79 Å². The van der Waals surface area contributed by atoms with E-state index in [0.717, 1.165) is 12.0 Å². The smallest absolute Gasteiger partial charge is 0.305 e. The lowest BCUT2D eigenvalue weighted by molar-refractivity contribution is -0.143. The number of nitrogens with two attached hydrogens (primary N) is 1. The summed E-state index contributed by atoms with van der Waals surface area (Å²) in [5.74, 6) is -0.174. The first-order valence-electron chi connectivity index (χ1n) is 6.12. The van der Waals surface area contributed by atoms with Crippen LogP contribution in [-0.2, 0) is 15.1 Å². The van der Waals surface area contributed by atoms with Crippen LogP contribution >= 0.6 is 0 Å². The Kier molecular flexibility index (Phi) is 5.16. The Morgan fingerprint density at radius 1 is 1.29 bits per heavy atom. The zero-order valence-electron chi connectivity index (χ0n) is 10.6. The lowest BCUT2D eigenvalue weighted by Gasteiger charge is -2.28. The Bertz CT molecular complexity index is 350. The van der Waals surface area contributed by atoms with E-state index >= 15 is 0 Å². The van der Waals surface area contributed by atoms with Gasteiger partial charge in [0.15, 0.2) is 0 Å². The standard InChI is InChI=1S/C14H21NO2/c1-3-14(15,11-10-13(16)17-4-2)12-8-6-5-7-9-12/h5-9H,3-4,10-11,15H2,1-2H3. The van der Waals surface area contributed by atoms with Crippen LogP contribution in [-0.4, -0.2) is 12.6 Å². The van der Waals surface area contributed by atoms with Gasteiger partial charge in [-0.2, -0.15) is 0 Å². The molecule has 17 heavy (non-hydrogen) atoms. The van der Waals surface area contributed by atoms with Crippen molar-refractivity contribution in [2.24, 2.45) is 5.73 Å². The monoisotopic (exact) mass is 235 g/mol. The second kappa shape index (κ2) is 6.40. The summed E-state index contributed by atoms with van der Waals surface area (Å²) < 4.78 is 4.92. The number of ether oxygens (including phenoxy) is 1. The Morgan fingerprint density at radius 2 is 1.94 bits per heavy atom. The number of carbonyl (C=O) groups is 1. The van der Waals surface area contributed by atoms with E-state index in [4.69, 9.17) is 10.5 Å². The third-order valence-electron chi connectivity index (χ3n) is 3.06. The van der Waals surface area contributed by atoms with Crippen molar-refractivity contribution in [2.45, 2.75) is 38.6 Å². The summed E-state index contributed by atoms with van der Waals surface area (Å²) in [7, 11) is 0. The van der Waals surface area contributed by atoms with E-state index < -0.39 is 5.54 Å². The predicted molar refractivity (Wildman–Crippen MR) is 68.5 cm³/mol. The number of hydrogen-bond acceptors (Lipinski definition) is 3. The first-order valence-corrected chi connectivity index (χ1v) is 6.12. The van der Waals surface area contributed by atoms with Crippen molar-refractivity contribution in [3.8, 4) is 0 Å². The number of hydrogen-bond donors (Lipinski definition) is 1. The van der Waals surface area contributed by atoms with Gasteiger partial charge in [0.05, 0.1) is 6.61 Å². The van der Waals surface area contributed by atoms with Gasteiger partial charge in [-0.15, -0.1) is 0 Å². The maximum Gasteiger partial charge on any atom is 0.305 e. The summed E-state index contributed by atoms with van der Waals surface area (Å²) in [6.07, 6.45) is 1.79. The normalized spacial score (nSPS) is 14.1. The lowest BCUT2D eigenvalue weighted by Crippen LogP contribution is -2.36. The maximum atomic E-state index is 11.4. The van der Waals surface area contributed by atoms with Crippen molar-refractivity contribution in [2.75, 3.05) is 6.61 Å². The van der Waals surface area contributed by atoms with Crippen molar-refractivity contribution in [1.29, 1.82) is 0 Å². The highest BCUT2D eigenvalue weighted by atomic mass is 16.5. The Balaban J connectivity index is 2.67. The van der Waals surface area contributed by atoms with Crippen LogP contribution in [0.25, 0.3) is 0 Å². The van der Waals surface area contributed by atoms with Gasteiger partial charge >= 0.3 is 5.97 Å². The highest BCUT2D eigenvalue weighted by Gasteiger charge is 2.25. The van der Waals surface area contributed by atoms with E-state index in [9.17, 15) is 4.79 Å². The summed E-state index contributed by atoms with van der Waals surface area (Å²) in [4.78, 5) is 11.4. The number of carbonyl (C=O) groups excluding carboxylic acids is 1.